The molecule has 4 aromatic heterocycles. The van der Waals surface area contributed by atoms with Crippen molar-refractivity contribution in [2.45, 2.75) is 184 Å². The second kappa shape index (κ2) is 35.6. The number of cyclic esters (lactones) is 1. The number of fused-ring (bicyclic) bond motifs is 5. The number of rotatable bonds is 15. The zero-order valence-corrected chi connectivity index (χ0v) is 61.7. The molecule has 2 saturated heterocycles. The van der Waals surface area contributed by atoms with Gasteiger partial charge >= 0.3 is 23.9 Å². The molecule has 32 nitrogen and oxygen atoms in total. The maximum atomic E-state index is 13.3. The Bertz CT molecular complexity index is 4310. The van der Waals surface area contributed by atoms with E-state index in [0.717, 1.165) is 34.2 Å². The number of aryl methyl sites for hydroxylation is 3. The van der Waals surface area contributed by atoms with Gasteiger partial charge in [-0.25, -0.2) is 20.4 Å². The maximum Gasteiger partial charge on any atom is 0.353 e. The van der Waals surface area contributed by atoms with Crippen molar-refractivity contribution in [2.75, 3.05) is 13.1 Å². The van der Waals surface area contributed by atoms with Crippen LogP contribution in [0.25, 0.3) is 27.9 Å². The zero-order valence-electron chi connectivity index (χ0n) is 61.7. The molecule has 5 bridgehead atoms. The molecule has 9 rings (SSSR count). The molecule has 6 amide bonds. The number of hydrogen-bond donors (Lipinski definition) is 8. The number of carboxylic acid groups (broad SMARTS) is 1. The second-order valence-electron chi connectivity index (χ2n) is 28.3. The van der Waals surface area contributed by atoms with Gasteiger partial charge in [0.05, 0.1) is 50.5 Å². The first-order chi connectivity index (χ1) is 49.8. The molecule has 0 saturated carbocycles. The first-order valence-electron chi connectivity index (χ1n) is 34.7. The third kappa shape index (κ3) is 21.1. The topological polar surface area (TPSA) is 446 Å². The van der Waals surface area contributed by atoms with Gasteiger partial charge in [0.1, 0.15) is 53.5 Å². The van der Waals surface area contributed by atoms with Crippen molar-refractivity contribution in [3.05, 3.63) is 157 Å². The van der Waals surface area contributed by atoms with Crippen molar-refractivity contribution in [3.63, 3.8) is 0 Å². The van der Waals surface area contributed by atoms with Gasteiger partial charge in [-0.3, -0.25) is 88.5 Å². The summed E-state index contributed by atoms with van der Waals surface area (Å²) in [5.41, 5.74) is 6.81. The Balaban J connectivity index is 0.000000229. The van der Waals surface area contributed by atoms with E-state index in [1.54, 1.807) is 85.4 Å². The maximum absolute atomic E-state index is 13.3. The molecular weight excluding hydrogens is 1370 g/mol. The fraction of sp³-hybridized carbons (Fsp3) is 0.459. The average Bonchev–Trinajstić information content (AvgIpc) is 0.871. The predicted octanol–water partition coefficient (Wildman–Crippen LogP) is 7.41. The van der Waals surface area contributed by atoms with Crippen molar-refractivity contribution < 1.29 is 77.5 Å². The lowest BCUT2D eigenvalue weighted by atomic mass is 9.85. The summed E-state index contributed by atoms with van der Waals surface area (Å²) in [6.45, 7) is 24.6. The number of aliphatic hydroxyl groups excluding tert-OH is 1. The molecule has 106 heavy (non-hydrogen) atoms. The van der Waals surface area contributed by atoms with Crippen LogP contribution in [0, 0.1) is 56.7 Å². The number of carbonyl (C=O) groups excluding carboxylic acids is 9. The fourth-order valence-corrected chi connectivity index (χ4v) is 11.6. The number of aliphatic hydroxyl groups is 1. The lowest BCUT2D eigenvalue weighted by molar-refractivity contribution is -0.385. The van der Waals surface area contributed by atoms with Crippen LogP contribution in [0.1, 0.15) is 182 Å². The number of carboxylic acids is 1. The van der Waals surface area contributed by atoms with Gasteiger partial charge in [-0.05, 0) is 153 Å². The van der Waals surface area contributed by atoms with E-state index in [1.807, 2.05) is 52.0 Å². The van der Waals surface area contributed by atoms with E-state index >= 15 is 0 Å². The number of aliphatic carboxylic acids is 1. The van der Waals surface area contributed by atoms with Crippen molar-refractivity contribution in [2.24, 2.45) is 22.7 Å². The van der Waals surface area contributed by atoms with Crippen LogP contribution in [0.3, 0.4) is 0 Å². The van der Waals surface area contributed by atoms with Crippen molar-refractivity contribution in [1.82, 2.24) is 62.1 Å². The molecule has 6 aromatic rings. The molecule has 8 N–H and O–H groups in total. The molecule has 0 unspecified atom stereocenters. The van der Waals surface area contributed by atoms with Crippen molar-refractivity contribution in [1.29, 1.82) is 0 Å². The highest BCUT2D eigenvalue weighted by atomic mass is 16.6. The minimum atomic E-state index is -1.24. The van der Waals surface area contributed by atoms with Crippen LogP contribution >= 0.6 is 0 Å². The number of nitro benzene ring substituents is 2. The Kier molecular flexibility index (Phi) is 27.6. The molecule has 3 aliphatic heterocycles. The number of nitro groups is 2. The second-order valence-corrected chi connectivity index (χ2v) is 28.3. The lowest BCUT2D eigenvalue weighted by Crippen LogP contribution is -2.61. The number of esters is 3. The Morgan fingerprint density at radius 2 is 1.36 bits per heavy atom. The molecule has 0 spiro atoms. The summed E-state index contributed by atoms with van der Waals surface area (Å²) < 4.78 is 10.4. The number of nitrogens with one attached hydrogen (secondary N) is 6. The first-order valence-corrected chi connectivity index (χ1v) is 34.7. The van der Waals surface area contributed by atoms with Gasteiger partial charge in [0, 0.05) is 65.1 Å². The number of amides is 6. The summed E-state index contributed by atoms with van der Waals surface area (Å²) in [7, 11) is 0. The summed E-state index contributed by atoms with van der Waals surface area (Å²) in [6.07, 6.45) is 11.9. The van der Waals surface area contributed by atoms with E-state index in [-0.39, 0.29) is 51.8 Å². The van der Waals surface area contributed by atoms with E-state index in [1.165, 1.54) is 55.1 Å². The van der Waals surface area contributed by atoms with Gasteiger partial charge in [-0.15, -0.1) is 0 Å². The van der Waals surface area contributed by atoms with Crippen LogP contribution < -0.4 is 32.1 Å². The van der Waals surface area contributed by atoms with E-state index in [2.05, 4.69) is 56.8 Å². The van der Waals surface area contributed by atoms with Crippen LogP contribution in [0.4, 0.5) is 11.4 Å². The standard InChI is InChI=1S/C29H40N6O6.C29H40N6O5.C16H12N2O7/c1-16(2)24(25(37)32-17(3)26(38)35-11-7-8-22(34-35)27(39)40)33-28(41)29(5,6)10-9-21-13-19-12-20(18(4)36)14-31-23(19)15-30-21;1-16(2)24-25(36)32-17(3)26(37)35-11-7-8-22(34-35)27(38)40-18(4)20-12-19-13-21(30-15-23(19)31-14-20)9-10-29(5,6)28(39)33-24;1-9-5-3-7-11(17(21)22)13(9)15(19)25-16(20)14-10(2)6-4-8-12(14)18(23)24/h9-10,12-18,22,24,34,36H,7-8,11H2,1-6H3,(H,32,37)(H,33,41)(H,39,40);12-18,22,24,34H,7-11H2,1-6H3,(H,32,36)(H,33,39);3-8H,1-2H3/b10-9+;;/t2*17-,18+,22-,24-;/m00./s1. The van der Waals surface area contributed by atoms with E-state index in [4.69, 9.17) is 4.74 Å². The zero-order chi connectivity index (χ0) is 78.4. The lowest BCUT2D eigenvalue weighted by Gasteiger charge is -2.35. The SMILES string of the molecule is CC(C)[C@@H]1NC(=O)C(C)(C)CCc2cc3cc(cnc3cn2)[C@@H](C)OC(=O)[C@@H]2CCCN(N2)C(=O)[C@H](C)NC1=O.CC(C)[C@H](NC(=O)C(C)(C)/C=C/c1cc2cc([C@@H](C)O)cnc2cn1)C(=O)N[C@@H](C)C(=O)N1CCC[C@@H](C(=O)O)N1.Cc1cccc([N+](=O)[O-])c1C(=O)OC(=O)c1c(C)cccc1[N+](=O)[O-]. The molecule has 8 atom stereocenters. The highest BCUT2D eigenvalue weighted by Crippen LogP contribution is 2.30. The van der Waals surface area contributed by atoms with Gasteiger partial charge < -0.3 is 41.0 Å². The summed E-state index contributed by atoms with van der Waals surface area (Å²) in [4.78, 5) is 166. The van der Waals surface area contributed by atoms with Gasteiger partial charge in [0.25, 0.3) is 23.2 Å². The molecule has 3 aliphatic rings. The fourth-order valence-electron chi connectivity index (χ4n) is 11.6. The summed E-state index contributed by atoms with van der Waals surface area (Å²) in [5, 5.41) is 56.6. The molecule has 566 valence electrons. The predicted molar refractivity (Wildman–Crippen MR) is 387 cm³/mol. The number of carbonyl (C=O) groups is 10. The average molecular weight is 1470 g/mol. The molecule has 0 radical (unpaired) electrons. The molecule has 2 fully saturated rings. The van der Waals surface area contributed by atoms with Crippen LogP contribution in [0.15, 0.2) is 91.5 Å². The highest BCUT2D eigenvalue weighted by Gasteiger charge is 2.39. The Hall–Kier alpha value is -11.1. The summed E-state index contributed by atoms with van der Waals surface area (Å²) in [5.74, 6) is -6.90. The van der Waals surface area contributed by atoms with E-state index < -0.39 is 122 Å². The molecule has 7 heterocycles. The first kappa shape index (κ1) is 82.2. The molecule has 0 aliphatic carbocycles. The van der Waals surface area contributed by atoms with Crippen molar-refractivity contribution >= 4 is 98.6 Å². The number of nitrogens with zero attached hydrogens (tertiary/aromatic N) is 8. The minimum Gasteiger partial charge on any atom is -0.480 e. The number of hydrogen-bond acceptors (Lipinski definition) is 23. The quantitative estimate of drug-likeness (QED) is 0.0214. The Morgan fingerprint density at radius 1 is 0.764 bits per heavy atom. The third-order valence-corrected chi connectivity index (χ3v) is 18.3. The van der Waals surface area contributed by atoms with Crippen LogP contribution in [0.5, 0.6) is 0 Å². The molecular formula is C74H92N14O18. The highest BCUT2D eigenvalue weighted by molar-refractivity contribution is 6.07. The monoisotopic (exact) mass is 1460 g/mol. The number of pyridine rings is 4. The van der Waals surface area contributed by atoms with E-state index in [9.17, 15) is 78.4 Å². The molecule has 32 heteroatoms. The normalized spacial score (nSPS) is 19.6. The van der Waals surface area contributed by atoms with Crippen LogP contribution in [-0.2, 0) is 54.3 Å². The van der Waals surface area contributed by atoms with E-state index in [0.29, 0.717) is 73.9 Å². The van der Waals surface area contributed by atoms with Crippen LogP contribution in [0.2, 0.25) is 0 Å². The summed E-state index contributed by atoms with van der Waals surface area (Å²) in [6, 6.07) is 10.3. The minimum absolute atomic E-state index is 0.207. The van der Waals surface area contributed by atoms with Gasteiger partial charge in [-0.2, -0.15) is 0 Å². The Morgan fingerprint density at radius 3 is 1.94 bits per heavy atom. The largest absolute Gasteiger partial charge is 0.480 e. The smallest absolute Gasteiger partial charge is 0.353 e. The van der Waals surface area contributed by atoms with Gasteiger partial charge in [0.2, 0.25) is 23.6 Å². The van der Waals surface area contributed by atoms with Crippen molar-refractivity contribution in [3.8, 4) is 0 Å². The molecule has 2 aromatic carbocycles. The Labute approximate surface area is 611 Å². The third-order valence-electron chi connectivity index (χ3n) is 18.3. The number of aromatic nitrogens is 4. The van der Waals surface area contributed by atoms with Gasteiger partial charge in [-0.1, -0.05) is 71.9 Å². The number of hydrazine groups is 2. The number of benzene rings is 2. The number of ether oxygens (including phenoxy) is 2. The summed E-state index contributed by atoms with van der Waals surface area (Å²) >= 11 is 0. The van der Waals surface area contributed by atoms with Gasteiger partial charge in [0.15, 0.2) is 0 Å². The van der Waals surface area contributed by atoms with Crippen LogP contribution in [-0.4, -0.2) is 159 Å².